The van der Waals surface area contributed by atoms with Crippen LogP contribution in [0.3, 0.4) is 0 Å². The Morgan fingerprint density at radius 3 is 2.87 bits per heavy atom. The lowest BCUT2D eigenvalue weighted by Gasteiger charge is -2.31. The van der Waals surface area contributed by atoms with Crippen LogP contribution in [-0.2, 0) is 4.79 Å². The molecule has 0 bridgehead atoms. The third kappa shape index (κ3) is 2.38. The summed E-state index contributed by atoms with van der Waals surface area (Å²) in [6, 6.07) is 2.13. The van der Waals surface area contributed by atoms with Gasteiger partial charge < -0.3 is 4.90 Å². The van der Waals surface area contributed by atoms with Crippen LogP contribution < -0.4 is 0 Å². The van der Waals surface area contributed by atoms with Gasteiger partial charge in [-0.2, -0.15) is 5.26 Å². The smallest absolute Gasteiger partial charge is 0.243 e. The second-order valence-electron chi connectivity index (χ2n) is 4.36. The second-order valence-corrected chi connectivity index (χ2v) is 4.36. The highest BCUT2D eigenvalue weighted by atomic mass is 16.2. The van der Waals surface area contributed by atoms with Crippen LogP contribution in [0.2, 0.25) is 0 Å². The van der Waals surface area contributed by atoms with Crippen LogP contribution >= 0.6 is 0 Å². The van der Waals surface area contributed by atoms with Crippen LogP contribution in [0.15, 0.2) is 11.6 Å². The van der Waals surface area contributed by atoms with E-state index in [-0.39, 0.29) is 5.91 Å². The van der Waals surface area contributed by atoms with Crippen molar-refractivity contribution < 1.29 is 4.79 Å². The van der Waals surface area contributed by atoms with Crippen molar-refractivity contribution in [2.75, 3.05) is 13.1 Å². The van der Waals surface area contributed by atoms with Crippen molar-refractivity contribution in [2.24, 2.45) is 5.41 Å². The Kier molecular flexibility index (Phi) is 3.52. The average molecular weight is 206 g/mol. The summed E-state index contributed by atoms with van der Waals surface area (Å²) in [7, 11) is 0. The lowest BCUT2D eigenvalue weighted by molar-refractivity contribution is -0.138. The van der Waals surface area contributed by atoms with Gasteiger partial charge in [0.15, 0.2) is 0 Å². The van der Waals surface area contributed by atoms with Crippen molar-refractivity contribution in [3.63, 3.8) is 0 Å². The monoisotopic (exact) mass is 206 g/mol. The minimum absolute atomic E-state index is 0.0278. The Morgan fingerprint density at radius 1 is 1.73 bits per heavy atom. The van der Waals surface area contributed by atoms with E-state index < -0.39 is 5.41 Å². The van der Waals surface area contributed by atoms with Gasteiger partial charge in [0.1, 0.15) is 5.41 Å². The molecular formula is C12H18N2O. The number of hydrogen-bond acceptors (Lipinski definition) is 2. The predicted molar refractivity (Wildman–Crippen MR) is 59.0 cm³/mol. The van der Waals surface area contributed by atoms with Crippen LogP contribution in [-0.4, -0.2) is 23.9 Å². The van der Waals surface area contributed by atoms with Gasteiger partial charge in [0.25, 0.3) is 0 Å². The van der Waals surface area contributed by atoms with Crippen LogP contribution in [0.5, 0.6) is 0 Å². The quantitative estimate of drug-likeness (QED) is 0.649. The molecule has 0 N–H and O–H groups in total. The molecule has 1 aliphatic heterocycles. The molecule has 0 saturated heterocycles. The number of nitrogens with zero attached hydrogens (tertiary/aromatic N) is 2. The molecule has 0 aromatic rings. The summed E-state index contributed by atoms with van der Waals surface area (Å²) in [5.74, 6) is -0.0278. The maximum Gasteiger partial charge on any atom is 0.243 e. The van der Waals surface area contributed by atoms with Gasteiger partial charge >= 0.3 is 0 Å². The summed E-state index contributed by atoms with van der Waals surface area (Å²) in [5, 5.41) is 9.04. The zero-order valence-electron chi connectivity index (χ0n) is 9.71. The minimum Gasteiger partial charge on any atom is -0.337 e. The van der Waals surface area contributed by atoms with E-state index in [4.69, 9.17) is 5.26 Å². The molecule has 3 nitrogen and oxygen atoms in total. The first-order chi connectivity index (χ1) is 7.03. The Bertz CT molecular complexity index is 327. The van der Waals surface area contributed by atoms with E-state index in [1.165, 1.54) is 5.57 Å². The lowest BCUT2D eigenvalue weighted by Crippen LogP contribution is -2.43. The van der Waals surface area contributed by atoms with Gasteiger partial charge in [0.05, 0.1) is 6.07 Å². The third-order valence-electron chi connectivity index (χ3n) is 3.05. The second kappa shape index (κ2) is 4.48. The highest BCUT2D eigenvalue weighted by Crippen LogP contribution is 2.24. The number of rotatable bonds is 2. The van der Waals surface area contributed by atoms with Gasteiger partial charge in [-0.15, -0.1) is 0 Å². The fourth-order valence-electron chi connectivity index (χ4n) is 1.71. The molecule has 0 aromatic heterocycles. The highest BCUT2D eigenvalue weighted by Gasteiger charge is 2.35. The van der Waals surface area contributed by atoms with E-state index in [9.17, 15) is 4.79 Å². The van der Waals surface area contributed by atoms with Gasteiger partial charge in [-0.3, -0.25) is 4.79 Å². The molecule has 1 atom stereocenters. The van der Waals surface area contributed by atoms with Crippen LogP contribution in [0.4, 0.5) is 0 Å². The van der Waals surface area contributed by atoms with E-state index in [2.05, 4.69) is 12.1 Å². The molecule has 1 rings (SSSR count). The zero-order valence-corrected chi connectivity index (χ0v) is 9.71. The van der Waals surface area contributed by atoms with Crippen molar-refractivity contribution in [2.45, 2.75) is 33.6 Å². The Morgan fingerprint density at radius 2 is 2.40 bits per heavy atom. The highest BCUT2D eigenvalue weighted by molar-refractivity contribution is 5.85. The normalized spacial score (nSPS) is 20.1. The third-order valence-corrected chi connectivity index (χ3v) is 3.05. The van der Waals surface area contributed by atoms with E-state index in [0.29, 0.717) is 13.0 Å². The molecule has 1 aliphatic rings. The van der Waals surface area contributed by atoms with Crippen LogP contribution in [0, 0.1) is 16.7 Å². The predicted octanol–water partition coefficient (Wildman–Crippen LogP) is 2.10. The minimum atomic E-state index is -0.850. The SMILES string of the molecule is CCC(C)(C#N)C(=O)N1CCC=C(C)C1. The molecular weight excluding hydrogens is 188 g/mol. The van der Waals surface area contributed by atoms with Crippen LogP contribution in [0.25, 0.3) is 0 Å². The van der Waals surface area contributed by atoms with E-state index in [0.717, 1.165) is 13.0 Å². The molecule has 0 fully saturated rings. The maximum absolute atomic E-state index is 12.1. The first kappa shape index (κ1) is 11.8. The molecule has 3 heteroatoms. The van der Waals surface area contributed by atoms with Crippen molar-refractivity contribution in [3.05, 3.63) is 11.6 Å². The van der Waals surface area contributed by atoms with E-state index in [1.807, 2.05) is 13.8 Å². The first-order valence-electron chi connectivity index (χ1n) is 5.39. The van der Waals surface area contributed by atoms with E-state index in [1.54, 1.807) is 11.8 Å². The molecule has 0 saturated carbocycles. The summed E-state index contributed by atoms with van der Waals surface area (Å²) in [6.45, 7) is 7.05. The summed E-state index contributed by atoms with van der Waals surface area (Å²) in [4.78, 5) is 13.9. The molecule has 1 amide bonds. The van der Waals surface area contributed by atoms with Crippen molar-refractivity contribution in [1.82, 2.24) is 4.90 Å². The van der Waals surface area contributed by atoms with Gasteiger partial charge in [0.2, 0.25) is 5.91 Å². The van der Waals surface area contributed by atoms with Gasteiger partial charge in [-0.1, -0.05) is 18.6 Å². The van der Waals surface area contributed by atoms with E-state index >= 15 is 0 Å². The summed E-state index contributed by atoms with van der Waals surface area (Å²) >= 11 is 0. The molecule has 1 unspecified atom stereocenters. The molecule has 0 spiro atoms. The summed E-state index contributed by atoms with van der Waals surface area (Å²) in [5.41, 5.74) is 0.364. The number of amides is 1. The topological polar surface area (TPSA) is 44.1 Å². The largest absolute Gasteiger partial charge is 0.337 e. The van der Waals surface area contributed by atoms with Crippen LogP contribution in [0.1, 0.15) is 33.6 Å². The Hall–Kier alpha value is -1.30. The number of carbonyl (C=O) groups is 1. The number of hydrogen-bond donors (Lipinski definition) is 0. The molecule has 0 aromatic carbocycles. The van der Waals surface area contributed by atoms with Gasteiger partial charge in [-0.25, -0.2) is 0 Å². The average Bonchev–Trinajstić information content (AvgIpc) is 2.27. The fraction of sp³-hybridized carbons (Fsp3) is 0.667. The fourth-order valence-corrected chi connectivity index (χ4v) is 1.71. The number of carbonyl (C=O) groups excluding carboxylic acids is 1. The molecule has 1 heterocycles. The molecule has 82 valence electrons. The van der Waals surface area contributed by atoms with Crippen molar-refractivity contribution >= 4 is 5.91 Å². The zero-order chi connectivity index (χ0) is 11.5. The van der Waals surface area contributed by atoms with Gasteiger partial charge in [0, 0.05) is 13.1 Å². The Labute approximate surface area is 91.4 Å². The summed E-state index contributed by atoms with van der Waals surface area (Å²) in [6.07, 6.45) is 3.63. The van der Waals surface area contributed by atoms with Crippen molar-refractivity contribution in [3.8, 4) is 6.07 Å². The Balaban J connectivity index is 2.78. The van der Waals surface area contributed by atoms with Gasteiger partial charge in [-0.05, 0) is 26.7 Å². The standard InChI is InChI=1S/C12H18N2O/c1-4-12(3,9-13)11(15)14-7-5-6-10(2)8-14/h6H,4-5,7-8H2,1-3H3. The molecule has 15 heavy (non-hydrogen) atoms. The maximum atomic E-state index is 12.1. The van der Waals surface area contributed by atoms with Crippen molar-refractivity contribution in [1.29, 1.82) is 5.26 Å². The summed E-state index contributed by atoms with van der Waals surface area (Å²) < 4.78 is 0. The molecule has 0 aliphatic carbocycles. The lowest BCUT2D eigenvalue weighted by atomic mass is 9.87. The first-order valence-corrected chi connectivity index (χ1v) is 5.39. The number of nitriles is 1. The molecule has 0 radical (unpaired) electrons.